The highest BCUT2D eigenvalue weighted by molar-refractivity contribution is 6.31. The summed E-state index contributed by atoms with van der Waals surface area (Å²) in [5.74, 6) is 0.805. The maximum atomic E-state index is 12.0. The number of hydrogen-bond donors (Lipinski definition) is 1. The van der Waals surface area contributed by atoms with Crippen LogP contribution in [0.3, 0.4) is 0 Å². The molecule has 0 spiro atoms. The third-order valence-electron chi connectivity index (χ3n) is 6.55. The molecule has 0 amide bonds. The molecule has 1 rings (SSSR count). The average Bonchev–Trinajstić information content (AvgIpc) is 2.82. The predicted molar refractivity (Wildman–Crippen MR) is 151 cm³/mol. The second kappa shape index (κ2) is 16.7. The van der Waals surface area contributed by atoms with Crippen molar-refractivity contribution in [3.8, 4) is 0 Å². The Morgan fingerprint density at radius 3 is 2.46 bits per heavy atom. The monoisotopic (exact) mass is 500 g/mol. The largest absolute Gasteiger partial charge is 0.396 e. The molecule has 0 aliphatic carbocycles. The van der Waals surface area contributed by atoms with Gasteiger partial charge in [0.05, 0.1) is 6.61 Å². The Balaban J connectivity index is 3.50. The third kappa shape index (κ3) is 9.91. The Labute approximate surface area is 218 Å². The fraction of sp³-hybridized carbons (Fsp3) is 0.516. The van der Waals surface area contributed by atoms with E-state index in [1.165, 1.54) is 5.56 Å². The molecule has 0 saturated carbocycles. The fourth-order valence-corrected chi connectivity index (χ4v) is 4.75. The van der Waals surface area contributed by atoms with Crippen molar-refractivity contribution in [2.75, 3.05) is 13.2 Å². The molecule has 0 saturated heterocycles. The maximum absolute atomic E-state index is 12.0. The van der Waals surface area contributed by atoms with E-state index in [9.17, 15) is 9.90 Å². The van der Waals surface area contributed by atoms with E-state index in [0.717, 1.165) is 55.2 Å². The zero-order valence-electron chi connectivity index (χ0n) is 22.5. The number of carbonyl (C=O) groups is 1. The number of allylic oxidation sites excluding steroid dienone is 6. The van der Waals surface area contributed by atoms with Crippen LogP contribution in [0.25, 0.3) is 5.57 Å². The number of unbranched alkanes of at least 4 members (excludes halogenated alkanes) is 1. The molecule has 0 radical (unpaired) electrons. The highest BCUT2D eigenvalue weighted by Gasteiger charge is 2.20. The van der Waals surface area contributed by atoms with E-state index in [-0.39, 0.29) is 12.4 Å². The van der Waals surface area contributed by atoms with Gasteiger partial charge in [0.15, 0.2) is 5.78 Å². The molecule has 35 heavy (non-hydrogen) atoms. The van der Waals surface area contributed by atoms with Gasteiger partial charge in [-0.05, 0) is 84.9 Å². The van der Waals surface area contributed by atoms with Crippen molar-refractivity contribution in [2.45, 2.75) is 79.8 Å². The highest BCUT2D eigenvalue weighted by Crippen LogP contribution is 2.33. The first-order chi connectivity index (χ1) is 16.7. The zero-order chi connectivity index (χ0) is 26.4. The lowest BCUT2D eigenvalue weighted by atomic mass is 9.81. The lowest BCUT2D eigenvalue weighted by molar-refractivity contribution is -0.113. The van der Waals surface area contributed by atoms with Crippen LogP contribution in [0.4, 0.5) is 0 Å². The summed E-state index contributed by atoms with van der Waals surface area (Å²) in [6.45, 7) is 19.5. The molecule has 2 atom stereocenters. The predicted octanol–water partition coefficient (Wildman–Crippen LogP) is 8.29. The number of hydrogen-bond acceptors (Lipinski definition) is 3. The van der Waals surface area contributed by atoms with Gasteiger partial charge in [0.1, 0.15) is 0 Å². The van der Waals surface area contributed by atoms with Gasteiger partial charge in [0.25, 0.3) is 0 Å². The van der Waals surface area contributed by atoms with Crippen LogP contribution in [0, 0.1) is 11.8 Å². The van der Waals surface area contributed by atoms with E-state index in [1.54, 1.807) is 19.1 Å². The van der Waals surface area contributed by atoms with Crippen LogP contribution in [0.15, 0.2) is 54.7 Å². The lowest BCUT2D eigenvalue weighted by Gasteiger charge is -2.25. The van der Waals surface area contributed by atoms with Gasteiger partial charge in [0, 0.05) is 23.8 Å². The minimum Gasteiger partial charge on any atom is -0.396 e. The summed E-state index contributed by atoms with van der Waals surface area (Å²) in [7, 11) is 0. The minimum absolute atomic E-state index is 0.0185. The summed E-state index contributed by atoms with van der Waals surface area (Å²) >= 11 is 6.73. The van der Waals surface area contributed by atoms with Crippen molar-refractivity contribution >= 4 is 23.0 Å². The lowest BCUT2D eigenvalue weighted by Crippen LogP contribution is -2.17. The highest BCUT2D eigenvalue weighted by atomic mass is 35.5. The van der Waals surface area contributed by atoms with Gasteiger partial charge in [-0.3, -0.25) is 4.79 Å². The molecule has 1 aromatic carbocycles. The summed E-state index contributed by atoms with van der Waals surface area (Å²) in [6.07, 6.45) is 11.4. The van der Waals surface area contributed by atoms with Gasteiger partial charge < -0.3 is 9.84 Å². The Kier molecular flexibility index (Phi) is 14.8. The van der Waals surface area contributed by atoms with Crippen molar-refractivity contribution < 1.29 is 14.6 Å². The number of aliphatic hydroxyl groups excluding tert-OH is 1. The smallest absolute Gasteiger partial charge is 0.160 e. The third-order valence-corrected chi connectivity index (χ3v) is 6.90. The van der Waals surface area contributed by atoms with Gasteiger partial charge in [-0.25, -0.2) is 0 Å². The second-order valence-electron chi connectivity index (χ2n) is 9.34. The van der Waals surface area contributed by atoms with E-state index in [1.807, 2.05) is 19.1 Å². The first kappa shape index (κ1) is 31.1. The molecule has 0 bridgehead atoms. The van der Waals surface area contributed by atoms with E-state index in [4.69, 9.17) is 16.3 Å². The topological polar surface area (TPSA) is 46.5 Å². The zero-order valence-corrected chi connectivity index (χ0v) is 23.2. The second-order valence-corrected chi connectivity index (χ2v) is 9.74. The molecule has 0 heterocycles. The van der Waals surface area contributed by atoms with E-state index in [2.05, 4.69) is 40.0 Å². The summed E-state index contributed by atoms with van der Waals surface area (Å²) in [5, 5.41) is 10.3. The van der Waals surface area contributed by atoms with Crippen molar-refractivity contribution in [2.24, 2.45) is 11.8 Å². The van der Waals surface area contributed by atoms with Gasteiger partial charge in [-0.2, -0.15) is 0 Å². The Morgan fingerprint density at radius 2 is 1.91 bits per heavy atom. The summed E-state index contributed by atoms with van der Waals surface area (Å²) in [5.41, 5.74) is 5.26. The Hall–Kier alpha value is -1.94. The number of halogens is 1. The van der Waals surface area contributed by atoms with Crippen LogP contribution in [0.5, 0.6) is 0 Å². The number of Topliss-reactive ketones (excluding diaryl/α,β-unsaturated/α-hetero) is 1. The quantitative estimate of drug-likeness (QED) is 0.133. The van der Waals surface area contributed by atoms with E-state index >= 15 is 0 Å². The van der Waals surface area contributed by atoms with Crippen LogP contribution >= 0.6 is 11.6 Å². The first-order valence-electron chi connectivity index (χ1n) is 12.9. The summed E-state index contributed by atoms with van der Waals surface area (Å²) in [4.78, 5) is 12.0. The van der Waals surface area contributed by atoms with Crippen molar-refractivity contribution in [3.63, 3.8) is 0 Å². The number of ether oxygens (including phenoxy) is 1. The molecule has 0 fully saturated rings. The summed E-state index contributed by atoms with van der Waals surface area (Å²) < 4.78 is 5.88. The minimum atomic E-state index is -0.0185. The molecule has 194 valence electrons. The van der Waals surface area contributed by atoms with Crippen LogP contribution in [0.1, 0.15) is 83.4 Å². The van der Waals surface area contributed by atoms with Gasteiger partial charge in [-0.1, -0.05) is 83.0 Å². The number of rotatable bonds is 17. The van der Waals surface area contributed by atoms with Gasteiger partial charge in [-0.15, -0.1) is 0 Å². The van der Waals surface area contributed by atoms with Crippen molar-refractivity contribution in [1.82, 2.24) is 0 Å². The maximum Gasteiger partial charge on any atom is 0.160 e. The molecule has 3 nitrogen and oxygen atoms in total. The van der Waals surface area contributed by atoms with Crippen LogP contribution in [-0.4, -0.2) is 24.1 Å². The molecule has 1 N–H and O–H groups in total. The molecule has 4 heteroatoms. The molecule has 0 aliphatic rings. The van der Waals surface area contributed by atoms with Gasteiger partial charge in [0.2, 0.25) is 0 Å². The van der Waals surface area contributed by atoms with Gasteiger partial charge >= 0.3 is 0 Å². The Bertz CT molecular complexity index is 904. The van der Waals surface area contributed by atoms with E-state index < -0.39 is 0 Å². The molecule has 0 aliphatic heterocycles. The van der Waals surface area contributed by atoms with Crippen LogP contribution in [0.2, 0.25) is 5.02 Å². The van der Waals surface area contributed by atoms with Crippen molar-refractivity contribution in [3.05, 3.63) is 76.4 Å². The normalized spacial score (nSPS) is 14.0. The summed E-state index contributed by atoms with van der Waals surface area (Å²) in [6, 6.07) is 4.15. The average molecular weight is 501 g/mol. The number of ketones is 1. The number of aliphatic hydroxyl groups is 1. The molecular weight excluding hydrogens is 456 g/mol. The molecule has 2 unspecified atom stereocenters. The molecular formula is C31H45ClO3. The molecule has 0 aromatic heterocycles. The SMILES string of the molecule is C=C/C(=C\C(=C)/C(=C\C)C(C)=O)c1cc(Cl)c(COCCCC)cc1CC(C)C(CCC)CCO. The standard InChI is InChI=1S/C31H45ClO3/c1-8-12-16-35-21-28-19-27(17-22(5)26(13-9-2)14-15-33)30(20-31(28)32)25(10-3)18-23(6)29(11-4)24(7)34/h10-11,18-20,22,26,33H,3,6,8-9,12-17,21H2,1-2,4-5,7H3/b25-18+,29-11+. The molecule has 1 aromatic rings. The number of carbonyl (C=O) groups excluding carboxylic acids is 1. The van der Waals surface area contributed by atoms with Crippen molar-refractivity contribution in [1.29, 1.82) is 0 Å². The number of benzene rings is 1. The van der Waals surface area contributed by atoms with Crippen LogP contribution in [-0.2, 0) is 22.6 Å². The first-order valence-corrected chi connectivity index (χ1v) is 13.3. The van der Waals surface area contributed by atoms with Crippen LogP contribution < -0.4 is 0 Å². The Morgan fingerprint density at radius 1 is 1.20 bits per heavy atom. The van der Waals surface area contributed by atoms with E-state index in [0.29, 0.717) is 41.2 Å². The fourth-order valence-electron chi connectivity index (χ4n) is 4.54.